The summed E-state index contributed by atoms with van der Waals surface area (Å²) >= 11 is 0. The fourth-order valence-corrected chi connectivity index (χ4v) is 16.3. The first-order chi connectivity index (χ1) is 39.6. The lowest BCUT2D eigenvalue weighted by Gasteiger charge is -2.33. The zero-order valence-corrected chi connectivity index (χ0v) is 63.0. The zero-order valence-electron chi connectivity index (χ0n) is 63.0. The van der Waals surface area contributed by atoms with Gasteiger partial charge in [-0.25, -0.2) is 0 Å². The van der Waals surface area contributed by atoms with Crippen LogP contribution in [0.4, 0.5) is 0 Å². The lowest BCUT2D eigenvalue weighted by Crippen LogP contribution is -2.31. The molecule has 8 aliphatic rings. The van der Waals surface area contributed by atoms with Crippen molar-refractivity contribution in [1.29, 1.82) is 0 Å². The maximum atomic E-state index is 9.71. The van der Waals surface area contributed by atoms with Crippen LogP contribution in [0.2, 0.25) is 0 Å². The van der Waals surface area contributed by atoms with Gasteiger partial charge in [-0.2, -0.15) is 0 Å². The Bertz CT molecular complexity index is 1720. The summed E-state index contributed by atoms with van der Waals surface area (Å²) in [4.78, 5) is 0. The summed E-state index contributed by atoms with van der Waals surface area (Å²) in [5.41, 5.74) is 9.56. The van der Waals surface area contributed by atoms with Crippen LogP contribution in [0.15, 0.2) is 69.9 Å². The van der Waals surface area contributed by atoms with Crippen molar-refractivity contribution in [3.63, 3.8) is 0 Å². The number of rotatable bonds is 8. The Hall–Kier alpha value is -1.60. The fourth-order valence-electron chi connectivity index (χ4n) is 16.3. The molecule has 0 heterocycles. The van der Waals surface area contributed by atoms with E-state index in [2.05, 4.69) is 230 Å². The molecule has 2 fully saturated rings. The summed E-state index contributed by atoms with van der Waals surface area (Å²) < 4.78 is 0. The molecule has 0 aromatic rings. The van der Waals surface area contributed by atoms with Crippen molar-refractivity contribution in [3.05, 3.63) is 69.9 Å². The smallest absolute Gasteiger partial charge is 0.0573 e. The largest absolute Gasteiger partial charge is 0.393 e. The molecule has 0 amide bonds. The maximum Gasteiger partial charge on any atom is 0.0573 e. The van der Waals surface area contributed by atoms with E-state index >= 15 is 0 Å². The van der Waals surface area contributed by atoms with E-state index in [9.17, 15) is 5.11 Å². The highest BCUT2D eigenvalue weighted by atomic mass is 16.3. The molecule has 0 saturated heterocycles. The topological polar surface area (TPSA) is 20.2 Å². The van der Waals surface area contributed by atoms with E-state index in [4.69, 9.17) is 0 Å². The number of hydrogen-bond acceptors (Lipinski definition) is 1. The Balaban J connectivity index is 0.000000486. The molecule has 0 bridgehead atoms. The molecule has 0 spiro atoms. The van der Waals surface area contributed by atoms with Gasteiger partial charge in [0.25, 0.3) is 0 Å². The van der Waals surface area contributed by atoms with Crippen LogP contribution in [-0.4, -0.2) is 11.2 Å². The Morgan fingerprint density at radius 1 is 0.282 bits per heavy atom. The molecule has 498 valence electrons. The monoisotopic (exact) mass is 1180 g/mol. The van der Waals surface area contributed by atoms with Gasteiger partial charge in [-0.05, 0) is 287 Å². The summed E-state index contributed by atoms with van der Waals surface area (Å²) in [6, 6.07) is 0. The van der Waals surface area contributed by atoms with E-state index in [-0.39, 0.29) is 6.10 Å². The van der Waals surface area contributed by atoms with E-state index in [1.807, 2.05) is 0 Å². The van der Waals surface area contributed by atoms with Gasteiger partial charge >= 0.3 is 0 Å². The molecule has 0 aromatic carbocycles. The molecule has 1 heteroatoms. The summed E-state index contributed by atoms with van der Waals surface area (Å²) in [6.45, 7) is 64.9. The van der Waals surface area contributed by atoms with Crippen LogP contribution in [0.25, 0.3) is 0 Å². The van der Waals surface area contributed by atoms with Crippen LogP contribution in [0, 0.1) is 130 Å². The first kappa shape index (κ1) is 81.4. The van der Waals surface area contributed by atoms with Crippen LogP contribution in [0.5, 0.6) is 0 Å². The van der Waals surface area contributed by atoms with Crippen molar-refractivity contribution in [2.75, 3.05) is 0 Å². The lowest BCUT2D eigenvalue weighted by atomic mass is 9.75. The Morgan fingerprint density at radius 3 is 0.753 bits per heavy atom. The van der Waals surface area contributed by atoms with E-state index in [0.29, 0.717) is 11.8 Å². The highest BCUT2D eigenvalue weighted by Gasteiger charge is 2.30. The number of aliphatic hydroxyl groups excluding tert-OH is 1. The average Bonchev–Trinajstić information content (AvgIpc) is 3.53. The molecule has 8 rings (SSSR count). The van der Waals surface area contributed by atoms with Gasteiger partial charge in [0.2, 0.25) is 0 Å². The fraction of sp³-hybridized carbons (Fsp3) is 0.857. The number of hydrogen-bond donors (Lipinski definition) is 1. The van der Waals surface area contributed by atoms with Gasteiger partial charge in [-0.1, -0.05) is 241 Å². The van der Waals surface area contributed by atoms with Gasteiger partial charge in [0.05, 0.1) is 6.10 Å². The van der Waals surface area contributed by atoms with Gasteiger partial charge in [0.1, 0.15) is 0 Å². The third kappa shape index (κ3) is 33.9. The van der Waals surface area contributed by atoms with Crippen molar-refractivity contribution in [1.82, 2.24) is 0 Å². The molecule has 0 aliphatic heterocycles. The van der Waals surface area contributed by atoms with Crippen molar-refractivity contribution in [2.24, 2.45) is 130 Å². The van der Waals surface area contributed by atoms with E-state index in [1.165, 1.54) is 128 Å². The van der Waals surface area contributed by atoms with E-state index in [0.717, 1.165) is 125 Å². The summed E-state index contributed by atoms with van der Waals surface area (Å²) in [5.74, 6) is 19.4. The predicted octanol–water partition coefficient (Wildman–Crippen LogP) is 27.2. The quantitative estimate of drug-likeness (QED) is 0.240. The second kappa shape index (κ2) is 43.2. The standard InChI is InChI=1S/4C11H20.C10H20O.C10H20.2C10H18/c4*1-8(2)11-6-5-9(3)7-10(11)4;1-7(2)9-5-4-8(3)6-10(9)11;3*1-8(2)10-6-4-9(3)5-7-10/h4*5,8,10-11H,6-7H2,1-4H3;7-11H,4-6H2,1-3H3;8-10H,4-7H2,1-3H3;2*4,8,10H,5-7H2,1-3H3/t2*10-,11+;2*10-,11-;8-,9+,10+;;2*10-/m10101.10/s1. The summed E-state index contributed by atoms with van der Waals surface area (Å²) in [5, 5.41) is 9.71. The minimum absolute atomic E-state index is 0.0289. The van der Waals surface area contributed by atoms with E-state index < -0.39 is 0 Å². The molecule has 1 N–H and O–H groups in total. The Labute approximate surface area is 537 Å². The summed E-state index contributed by atoms with van der Waals surface area (Å²) in [7, 11) is 0. The van der Waals surface area contributed by atoms with Crippen LogP contribution >= 0.6 is 0 Å². The molecule has 85 heavy (non-hydrogen) atoms. The SMILES string of the molecule is CC(C)[C@@H]1CC[C@@H](C)C[C@@H]1O.CC1=CC[C@@H](C(C)C)CC1.CC1=CC[C@@H](C(C)C)[C@@H](C)C1.CC1=CC[C@@H](C(C)C)[C@H](C)C1.CC1=CC[C@H](C(C)C)CC1.CC1=CC[C@H](C(C)C)[C@@H](C)C1.CC1=CC[C@H](C(C)C)[C@H](C)C1.CC1CCC(C(C)C)CC1. The zero-order chi connectivity index (χ0) is 64.8. The first-order valence-corrected chi connectivity index (χ1v) is 37.3. The van der Waals surface area contributed by atoms with Crippen molar-refractivity contribution in [3.8, 4) is 0 Å². The summed E-state index contributed by atoms with van der Waals surface area (Å²) in [6.07, 6.45) is 42.6. The highest BCUT2D eigenvalue weighted by molar-refractivity contribution is 5.08. The maximum absolute atomic E-state index is 9.71. The van der Waals surface area contributed by atoms with Crippen molar-refractivity contribution < 1.29 is 5.11 Å². The molecule has 8 aliphatic carbocycles. The van der Waals surface area contributed by atoms with Gasteiger partial charge in [-0.15, -0.1) is 0 Å². The third-order valence-corrected chi connectivity index (χ3v) is 23.1. The molecule has 13 atom stereocenters. The second-order valence-electron chi connectivity index (χ2n) is 33.8. The lowest BCUT2D eigenvalue weighted by molar-refractivity contribution is 0.0266. The predicted molar refractivity (Wildman–Crippen MR) is 387 cm³/mol. The molecule has 1 nitrogen and oxygen atoms in total. The van der Waals surface area contributed by atoms with Gasteiger partial charge in [0.15, 0.2) is 0 Å². The molecule has 0 aromatic heterocycles. The normalized spacial score (nSPS) is 32.2. The van der Waals surface area contributed by atoms with Crippen LogP contribution in [0.3, 0.4) is 0 Å². The average molecular weight is 1180 g/mol. The molecule has 2 saturated carbocycles. The van der Waals surface area contributed by atoms with Crippen molar-refractivity contribution >= 4 is 0 Å². The minimum Gasteiger partial charge on any atom is -0.393 e. The Morgan fingerprint density at radius 2 is 0.541 bits per heavy atom. The third-order valence-electron chi connectivity index (χ3n) is 23.1. The molecule has 0 radical (unpaired) electrons. The van der Waals surface area contributed by atoms with Gasteiger partial charge in [0, 0.05) is 0 Å². The minimum atomic E-state index is -0.0289. The van der Waals surface area contributed by atoms with Crippen LogP contribution in [0.1, 0.15) is 329 Å². The van der Waals surface area contributed by atoms with Crippen LogP contribution in [-0.2, 0) is 0 Å². The molecular weight excluding hydrogens is 1020 g/mol. The number of allylic oxidation sites excluding steroid dienone is 12. The van der Waals surface area contributed by atoms with E-state index in [1.54, 1.807) is 33.4 Å². The highest BCUT2D eigenvalue weighted by Crippen LogP contribution is 2.39. The van der Waals surface area contributed by atoms with Crippen molar-refractivity contribution in [2.45, 2.75) is 335 Å². The van der Waals surface area contributed by atoms with Gasteiger partial charge in [-0.3, -0.25) is 0 Å². The molecular formula is C84H156O. The van der Waals surface area contributed by atoms with Gasteiger partial charge < -0.3 is 5.11 Å². The molecule has 0 unspecified atom stereocenters. The van der Waals surface area contributed by atoms with Crippen LogP contribution < -0.4 is 0 Å². The number of aliphatic hydroxyl groups is 1. The Kier molecular flexibility index (Phi) is 41.4. The first-order valence-electron chi connectivity index (χ1n) is 37.3. The second-order valence-corrected chi connectivity index (χ2v) is 33.8.